The fraction of sp³-hybridized carbons (Fsp3) is 0.556. The summed E-state index contributed by atoms with van der Waals surface area (Å²) in [6, 6.07) is 6.33. The van der Waals surface area contributed by atoms with Gasteiger partial charge >= 0.3 is 5.97 Å². The number of halogens is 1. The Morgan fingerprint density at radius 2 is 1.96 bits per heavy atom. The van der Waals surface area contributed by atoms with Crippen molar-refractivity contribution < 1.29 is 18.7 Å². The van der Waals surface area contributed by atoms with Gasteiger partial charge in [-0.3, -0.25) is 9.59 Å². The van der Waals surface area contributed by atoms with E-state index in [-0.39, 0.29) is 5.91 Å². The van der Waals surface area contributed by atoms with Gasteiger partial charge in [0.05, 0.1) is 5.41 Å². The molecule has 0 spiro atoms. The van der Waals surface area contributed by atoms with Crippen LogP contribution in [0.4, 0.5) is 4.39 Å². The highest BCUT2D eigenvalue weighted by Crippen LogP contribution is 2.43. The van der Waals surface area contributed by atoms with Crippen LogP contribution in [-0.4, -0.2) is 24.5 Å². The minimum atomic E-state index is -0.968. The van der Waals surface area contributed by atoms with E-state index in [0.717, 1.165) is 19.3 Å². The first kappa shape index (κ1) is 17.4. The van der Waals surface area contributed by atoms with Crippen LogP contribution in [0.3, 0.4) is 0 Å². The highest BCUT2D eigenvalue weighted by atomic mass is 19.1. The second-order valence-electron chi connectivity index (χ2n) is 6.11. The highest BCUT2D eigenvalue weighted by molar-refractivity contribution is 5.88. The Balaban J connectivity index is 2.17. The van der Waals surface area contributed by atoms with Crippen LogP contribution in [0.1, 0.15) is 51.5 Å². The van der Waals surface area contributed by atoms with Crippen molar-refractivity contribution >= 4 is 11.9 Å². The van der Waals surface area contributed by atoms with Crippen molar-refractivity contribution in [3.8, 4) is 0 Å². The van der Waals surface area contributed by atoms with Crippen LogP contribution in [0.5, 0.6) is 0 Å². The molecule has 0 bridgehead atoms. The highest BCUT2D eigenvalue weighted by Gasteiger charge is 2.46. The molecule has 1 aliphatic rings. The van der Waals surface area contributed by atoms with Gasteiger partial charge in [-0.15, -0.1) is 0 Å². The standard InChI is InChI=1S/C18H24FNO3/c1-3-12-20-16(21)13(2)23-17(22)18(10-6-7-11-18)14-8-4-5-9-15(14)19/h4-5,8-9,13H,3,6-7,10-12H2,1-2H3,(H,20,21)/t13-/m1/s1. The maximum absolute atomic E-state index is 14.2. The van der Waals surface area contributed by atoms with Crippen LogP contribution in [0.15, 0.2) is 24.3 Å². The number of carbonyl (C=O) groups is 2. The van der Waals surface area contributed by atoms with Gasteiger partial charge in [0.1, 0.15) is 5.82 Å². The van der Waals surface area contributed by atoms with Gasteiger partial charge in [-0.1, -0.05) is 38.0 Å². The molecule has 1 atom stereocenters. The molecule has 0 heterocycles. The zero-order valence-corrected chi connectivity index (χ0v) is 13.7. The number of amides is 1. The SMILES string of the molecule is CCCNC(=O)[C@@H](C)OC(=O)C1(c2ccccc2F)CCCC1. The van der Waals surface area contributed by atoms with E-state index in [2.05, 4.69) is 5.32 Å². The summed E-state index contributed by atoms with van der Waals surface area (Å²) in [4.78, 5) is 24.6. The number of carbonyl (C=O) groups excluding carboxylic acids is 2. The fourth-order valence-corrected chi connectivity index (χ4v) is 3.13. The molecule has 0 aromatic heterocycles. The molecule has 5 heteroatoms. The number of hydrogen-bond acceptors (Lipinski definition) is 3. The lowest BCUT2D eigenvalue weighted by Gasteiger charge is -2.29. The molecule has 23 heavy (non-hydrogen) atoms. The predicted molar refractivity (Wildman–Crippen MR) is 85.4 cm³/mol. The van der Waals surface area contributed by atoms with E-state index in [4.69, 9.17) is 4.74 Å². The number of rotatable bonds is 6. The summed E-state index contributed by atoms with van der Waals surface area (Å²) in [5.74, 6) is -1.21. The molecule has 0 radical (unpaired) electrons. The van der Waals surface area contributed by atoms with Crippen molar-refractivity contribution in [1.29, 1.82) is 0 Å². The Morgan fingerprint density at radius 3 is 2.57 bits per heavy atom. The van der Waals surface area contributed by atoms with Gasteiger partial charge < -0.3 is 10.1 Å². The van der Waals surface area contributed by atoms with Gasteiger partial charge in [0.15, 0.2) is 6.10 Å². The lowest BCUT2D eigenvalue weighted by Crippen LogP contribution is -2.42. The fourth-order valence-electron chi connectivity index (χ4n) is 3.13. The molecular formula is C18H24FNO3. The largest absolute Gasteiger partial charge is 0.452 e. The monoisotopic (exact) mass is 321 g/mol. The molecule has 1 aromatic rings. The third kappa shape index (κ3) is 3.71. The number of nitrogens with one attached hydrogen (secondary N) is 1. The summed E-state index contributed by atoms with van der Waals surface area (Å²) in [5, 5.41) is 2.70. The summed E-state index contributed by atoms with van der Waals surface area (Å²) in [5.41, 5.74) is -0.589. The third-order valence-electron chi connectivity index (χ3n) is 4.44. The zero-order valence-electron chi connectivity index (χ0n) is 13.7. The average Bonchev–Trinajstić information content (AvgIpc) is 3.03. The summed E-state index contributed by atoms with van der Waals surface area (Å²) in [6.07, 6.45) is 2.73. The Kier molecular flexibility index (Phi) is 5.74. The zero-order chi connectivity index (χ0) is 16.9. The van der Waals surface area contributed by atoms with Crippen LogP contribution in [-0.2, 0) is 19.7 Å². The Morgan fingerprint density at radius 1 is 1.30 bits per heavy atom. The van der Waals surface area contributed by atoms with Gasteiger partial charge in [-0.2, -0.15) is 0 Å². The van der Waals surface area contributed by atoms with E-state index in [1.54, 1.807) is 25.1 Å². The van der Waals surface area contributed by atoms with Crippen LogP contribution >= 0.6 is 0 Å². The van der Waals surface area contributed by atoms with E-state index in [9.17, 15) is 14.0 Å². The van der Waals surface area contributed by atoms with E-state index in [0.29, 0.717) is 24.9 Å². The van der Waals surface area contributed by atoms with Gasteiger partial charge in [-0.05, 0) is 32.3 Å². The van der Waals surface area contributed by atoms with E-state index >= 15 is 0 Å². The average molecular weight is 321 g/mol. The normalized spacial score (nSPS) is 17.5. The molecule has 1 saturated carbocycles. The lowest BCUT2D eigenvalue weighted by molar-refractivity contribution is -0.160. The summed E-state index contributed by atoms with van der Waals surface area (Å²) >= 11 is 0. The Bertz CT molecular complexity index is 567. The topological polar surface area (TPSA) is 55.4 Å². The molecule has 126 valence electrons. The molecular weight excluding hydrogens is 297 g/mol. The minimum absolute atomic E-state index is 0.318. The van der Waals surface area contributed by atoms with Crippen molar-refractivity contribution in [2.24, 2.45) is 0 Å². The lowest BCUT2D eigenvalue weighted by atomic mass is 9.78. The van der Waals surface area contributed by atoms with E-state index in [1.165, 1.54) is 6.07 Å². The predicted octanol–water partition coefficient (Wildman–Crippen LogP) is 3.10. The maximum Gasteiger partial charge on any atom is 0.317 e. The molecule has 1 aromatic carbocycles. The molecule has 1 fully saturated rings. The first-order valence-corrected chi connectivity index (χ1v) is 8.25. The molecule has 2 rings (SSSR count). The second kappa shape index (κ2) is 7.57. The Labute approximate surface area is 136 Å². The molecule has 0 aliphatic heterocycles. The molecule has 0 unspecified atom stereocenters. The van der Waals surface area contributed by atoms with Crippen molar-refractivity contribution in [2.45, 2.75) is 57.5 Å². The summed E-state index contributed by atoms with van der Waals surface area (Å²) < 4.78 is 19.6. The van der Waals surface area contributed by atoms with Gasteiger partial charge in [0.2, 0.25) is 0 Å². The summed E-state index contributed by atoms with van der Waals surface area (Å²) in [7, 11) is 0. The van der Waals surface area contributed by atoms with Gasteiger partial charge in [0.25, 0.3) is 5.91 Å². The number of esters is 1. The second-order valence-corrected chi connectivity index (χ2v) is 6.11. The molecule has 4 nitrogen and oxygen atoms in total. The minimum Gasteiger partial charge on any atom is -0.452 e. The van der Waals surface area contributed by atoms with Crippen molar-refractivity contribution in [2.75, 3.05) is 6.54 Å². The van der Waals surface area contributed by atoms with Crippen LogP contribution < -0.4 is 5.32 Å². The van der Waals surface area contributed by atoms with E-state index < -0.39 is 23.3 Å². The first-order valence-electron chi connectivity index (χ1n) is 8.25. The molecule has 1 aliphatic carbocycles. The van der Waals surface area contributed by atoms with Crippen molar-refractivity contribution in [1.82, 2.24) is 5.32 Å². The van der Waals surface area contributed by atoms with E-state index in [1.807, 2.05) is 6.92 Å². The van der Waals surface area contributed by atoms with Crippen LogP contribution in [0.25, 0.3) is 0 Å². The quantitative estimate of drug-likeness (QED) is 0.819. The molecule has 1 N–H and O–H groups in total. The number of ether oxygens (including phenoxy) is 1. The van der Waals surface area contributed by atoms with Crippen LogP contribution in [0, 0.1) is 5.82 Å². The first-order chi connectivity index (χ1) is 11.0. The van der Waals surface area contributed by atoms with Crippen molar-refractivity contribution in [3.63, 3.8) is 0 Å². The van der Waals surface area contributed by atoms with Crippen LogP contribution in [0.2, 0.25) is 0 Å². The number of hydrogen-bond donors (Lipinski definition) is 1. The smallest absolute Gasteiger partial charge is 0.317 e. The van der Waals surface area contributed by atoms with Gasteiger partial charge in [0, 0.05) is 12.1 Å². The van der Waals surface area contributed by atoms with Gasteiger partial charge in [-0.25, -0.2) is 4.39 Å². The Hall–Kier alpha value is -1.91. The maximum atomic E-state index is 14.2. The third-order valence-corrected chi connectivity index (χ3v) is 4.44. The van der Waals surface area contributed by atoms with Crippen molar-refractivity contribution in [3.05, 3.63) is 35.6 Å². The molecule has 0 saturated heterocycles. The molecule has 1 amide bonds. The summed E-state index contributed by atoms with van der Waals surface area (Å²) in [6.45, 7) is 4.04. The number of benzene rings is 1.